The van der Waals surface area contributed by atoms with E-state index in [0.29, 0.717) is 10.1 Å². The third kappa shape index (κ3) is 1.55. The molecule has 0 radical (unpaired) electrons. The van der Waals surface area contributed by atoms with Crippen LogP contribution in [0, 0.1) is 0 Å². The van der Waals surface area contributed by atoms with Crippen molar-refractivity contribution < 1.29 is 0 Å². The minimum atomic E-state index is 0.588. The van der Waals surface area contributed by atoms with Crippen LogP contribution in [0.15, 0.2) is 0 Å². The third-order valence-corrected chi connectivity index (χ3v) is 4.23. The maximum absolute atomic E-state index is 3.52. The predicted molar refractivity (Wildman–Crippen MR) is 49.9 cm³/mol. The molecule has 2 aliphatic heterocycles. The van der Waals surface area contributed by atoms with Crippen molar-refractivity contribution in [1.82, 2.24) is 10.6 Å². The summed E-state index contributed by atoms with van der Waals surface area (Å²) >= 11 is 2.14. The summed E-state index contributed by atoms with van der Waals surface area (Å²) in [6, 6.07) is 0. The van der Waals surface area contributed by atoms with Crippen LogP contribution in [-0.2, 0) is 0 Å². The van der Waals surface area contributed by atoms with Gasteiger partial charge in [0.2, 0.25) is 0 Å². The second kappa shape index (κ2) is 2.96. The molecule has 64 valence electrons. The van der Waals surface area contributed by atoms with E-state index in [9.17, 15) is 0 Å². The highest BCUT2D eigenvalue weighted by Gasteiger charge is 2.38. The lowest BCUT2D eigenvalue weighted by Gasteiger charge is -2.32. The summed E-state index contributed by atoms with van der Waals surface area (Å²) in [5.41, 5.74) is 0. The second-order valence-electron chi connectivity index (χ2n) is 3.57. The molecule has 1 spiro atoms. The van der Waals surface area contributed by atoms with Gasteiger partial charge in [0.05, 0.1) is 5.37 Å². The van der Waals surface area contributed by atoms with Crippen molar-refractivity contribution in [3.8, 4) is 0 Å². The number of rotatable bonds is 0. The first-order valence-electron chi connectivity index (χ1n) is 4.43. The van der Waals surface area contributed by atoms with E-state index >= 15 is 0 Å². The number of hydrogen-bond donors (Lipinski definition) is 2. The molecule has 1 unspecified atom stereocenters. The highest BCUT2D eigenvalue weighted by molar-refractivity contribution is 8.01. The van der Waals surface area contributed by atoms with E-state index in [-0.39, 0.29) is 0 Å². The molecule has 0 amide bonds. The van der Waals surface area contributed by atoms with Crippen LogP contribution in [0.3, 0.4) is 0 Å². The van der Waals surface area contributed by atoms with Gasteiger partial charge in [0.15, 0.2) is 0 Å². The molecule has 2 heterocycles. The molecular weight excluding hydrogens is 156 g/mol. The first kappa shape index (κ1) is 7.90. The Bertz CT molecular complexity index is 138. The number of hydrogen-bond acceptors (Lipinski definition) is 3. The van der Waals surface area contributed by atoms with Crippen molar-refractivity contribution in [3.05, 3.63) is 0 Å². The highest BCUT2D eigenvalue weighted by Crippen LogP contribution is 2.40. The smallest absolute Gasteiger partial charge is 0.0510 e. The fourth-order valence-electron chi connectivity index (χ4n) is 1.97. The van der Waals surface area contributed by atoms with Gasteiger partial charge >= 0.3 is 0 Å². The summed E-state index contributed by atoms with van der Waals surface area (Å²) in [6.07, 6.45) is 2.68. The summed E-state index contributed by atoms with van der Waals surface area (Å²) in [5, 5.41) is 7.60. The van der Waals surface area contributed by atoms with Crippen molar-refractivity contribution in [2.24, 2.45) is 0 Å². The summed E-state index contributed by atoms with van der Waals surface area (Å²) in [5.74, 6) is 0. The number of piperidine rings is 1. The Morgan fingerprint density at radius 3 is 2.64 bits per heavy atom. The maximum Gasteiger partial charge on any atom is 0.0510 e. The highest BCUT2D eigenvalue weighted by atomic mass is 32.2. The lowest BCUT2D eigenvalue weighted by Crippen LogP contribution is -2.41. The first-order valence-corrected chi connectivity index (χ1v) is 5.31. The molecule has 3 heteroatoms. The van der Waals surface area contributed by atoms with Gasteiger partial charge in [-0.15, -0.1) is 11.8 Å². The lowest BCUT2D eigenvalue weighted by molar-refractivity contribution is 0.412. The van der Waals surface area contributed by atoms with Crippen molar-refractivity contribution >= 4 is 11.8 Å². The van der Waals surface area contributed by atoms with Crippen LogP contribution in [0.25, 0.3) is 0 Å². The molecule has 0 aromatic carbocycles. The monoisotopic (exact) mass is 172 g/mol. The molecule has 2 saturated heterocycles. The molecule has 2 fully saturated rings. The molecule has 0 saturated carbocycles. The fraction of sp³-hybridized carbons (Fsp3) is 1.00. The summed E-state index contributed by atoms with van der Waals surface area (Å²) in [7, 11) is 0. The first-order chi connectivity index (χ1) is 5.31. The standard InChI is InChI=1S/C8H16N2S/c1-7-10-6-8(11-7)2-4-9-5-3-8/h7,9-10H,2-6H2,1H3. The van der Waals surface area contributed by atoms with E-state index in [1.54, 1.807) is 0 Å². The quantitative estimate of drug-likeness (QED) is 0.565. The molecule has 0 aromatic heterocycles. The Kier molecular flexibility index (Phi) is 2.12. The van der Waals surface area contributed by atoms with E-state index in [0.717, 1.165) is 0 Å². The van der Waals surface area contributed by atoms with Gasteiger partial charge < -0.3 is 10.6 Å². The van der Waals surface area contributed by atoms with Gasteiger partial charge in [-0.25, -0.2) is 0 Å². The molecule has 11 heavy (non-hydrogen) atoms. The molecule has 2 N–H and O–H groups in total. The van der Waals surface area contributed by atoms with Crippen LogP contribution in [0.2, 0.25) is 0 Å². The maximum atomic E-state index is 3.52. The average molecular weight is 172 g/mol. The van der Waals surface area contributed by atoms with Crippen LogP contribution in [0.4, 0.5) is 0 Å². The van der Waals surface area contributed by atoms with Crippen LogP contribution in [0.1, 0.15) is 19.8 Å². The van der Waals surface area contributed by atoms with E-state index in [4.69, 9.17) is 0 Å². The number of nitrogens with one attached hydrogen (secondary N) is 2. The van der Waals surface area contributed by atoms with Crippen LogP contribution >= 0.6 is 11.8 Å². The van der Waals surface area contributed by atoms with Gasteiger partial charge in [-0.1, -0.05) is 0 Å². The minimum absolute atomic E-state index is 0.588. The molecule has 0 aliphatic carbocycles. The van der Waals surface area contributed by atoms with E-state index < -0.39 is 0 Å². The predicted octanol–water partition coefficient (Wildman–Crippen LogP) is 0.791. The van der Waals surface area contributed by atoms with E-state index in [2.05, 4.69) is 29.3 Å². The van der Waals surface area contributed by atoms with Crippen LogP contribution in [-0.4, -0.2) is 29.8 Å². The Balaban J connectivity index is 1.98. The lowest BCUT2D eigenvalue weighted by atomic mass is 9.97. The molecule has 1 atom stereocenters. The Morgan fingerprint density at radius 2 is 2.09 bits per heavy atom. The normalized spacial score (nSPS) is 36.3. The molecule has 2 rings (SSSR count). The third-order valence-electron chi connectivity index (χ3n) is 2.65. The average Bonchev–Trinajstić information content (AvgIpc) is 2.34. The van der Waals surface area contributed by atoms with Gasteiger partial charge in [0.1, 0.15) is 0 Å². The van der Waals surface area contributed by atoms with Crippen LogP contribution < -0.4 is 10.6 Å². The molecule has 2 nitrogen and oxygen atoms in total. The summed E-state index contributed by atoms with van der Waals surface area (Å²) in [4.78, 5) is 0. The van der Waals surface area contributed by atoms with Gasteiger partial charge in [-0.2, -0.15) is 0 Å². The Hall–Kier alpha value is 0.270. The minimum Gasteiger partial charge on any atom is -0.317 e. The molecular formula is C8H16N2S. The van der Waals surface area contributed by atoms with Gasteiger partial charge in [0.25, 0.3) is 0 Å². The summed E-state index contributed by atoms with van der Waals surface area (Å²) < 4.78 is 0.588. The largest absolute Gasteiger partial charge is 0.317 e. The Morgan fingerprint density at radius 1 is 1.36 bits per heavy atom. The zero-order chi connectivity index (χ0) is 7.73. The molecule has 0 aromatic rings. The topological polar surface area (TPSA) is 24.1 Å². The Labute approximate surface area is 72.5 Å². The molecule has 0 bridgehead atoms. The van der Waals surface area contributed by atoms with Gasteiger partial charge in [-0.05, 0) is 32.9 Å². The van der Waals surface area contributed by atoms with Crippen molar-refractivity contribution in [2.45, 2.75) is 29.9 Å². The van der Waals surface area contributed by atoms with E-state index in [1.165, 1.54) is 32.5 Å². The SMILES string of the molecule is CC1NCC2(CCNCC2)S1. The second-order valence-corrected chi connectivity index (χ2v) is 5.38. The van der Waals surface area contributed by atoms with Gasteiger partial charge in [0, 0.05) is 11.3 Å². The van der Waals surface area contributed by atoms with Crippen molar-refractivity contribution in [3.63, 3.8) is 0 Å². The number of thioether (sulfide) groups is 1. The van der Waals surface area contributed by atoms with Gasteiger partial charge in [-0.3, -0.25) is 0 Å². The van der Waals surface area contributed by atoms with Crippen molar-refractivity contribution in [2.75, 3.05) is 19.6 Å². The zero-order valence-electron chi connectivity index (χ0n) is 7.02. The fourth-order valence-corrected chi connectivity index (χ4v) is 3.49. The van der Waals surface area contributed by atoms with Crippen molar-refractivity contribution in [1.29, 1.82) is 0 Å². The summed E-state index contributed by atoms with van der Waals surface area (Å²) in [6.45, 7) is 5.91. The zero-order valence-corrected chi connectivity index (χ0v) is 7.84. The van der Waals surface area contributed by atoms with E-state index in [1.807, 2.05) is 0 Å². The molecule has 2 aliphatic rings. The van der Waals surface area contributed by atoms with Crippen LogP contribution in [0.5, 0.6) is 0 Å².